The second kappa shape index (κ2) is 8.90. The minimum atomic E-state index is -0.224. The highest BCUT2D eigenvalue weighted by Gasteiger charge is 2.22. The van der Waals surface area contributed by atoms with Crippen LogP contribution in [0.4, 0.5) is 0 Å². The number of hydrogen-bond acceptors (Lipinski definition) is 5. The molecule has 0 aliphatic heterocycles. The van der Waals surface area contributed by atoms with Crippen molar-refractivity contribution in [1.82, 2.24) is 9.88 Å². The van der Waals surface area contributed by atoms with E-state index in [0.29, 0.717) is 33.9 Å². The number of methoxy groups -OCH3 is 3. The van der Waals surface area contributed by atoms with Crippen molar-refractivity contribution in [2.45, 2.75) is 26.4 Å². The molecule has 1 aromatic heterocycles. The summed E-state index contributed by atoms with van der Waals surface area (Å²) in [5.41, 5.74) is 1.45. The Labute approximate surface area is 175 Å². The van der Waals surface area contributed by atoms with Crippen molar-refractivity contribution in [2.24, 2.45) is 0 Å². The minimum Gasteiger partial charge on any atom is -0.497 e. The van der Waals surface area contributed by atoms with Crippen LogP contribution in [0, 0.1) is 0 Å². The molecule has 158 valence electrons. The fourth-order valence-corrected chi connectivity index (χ4v) is 3.28. The van der Waals surface area contributed by atoms with Crippen molar-refractivity contribution in [3.8, 4) is 17.2 Å². The van der Waals surface area contributed by atoms with E-state index in [1.54, 1.807) is 55.5 Å². The van der Waals surface area contributed by atoms with Gasteiger partial charge in [0.1, 0.15) is 5.75 Å². The highest BCUT2D eigenvalue weighted by molar-refractivity contribution is 5.95. The van der Waals surface area contributed by atoms with Crippen LogP contribution in [0.1, 0.15) is 29.8 Å². The van der Waals surface area contributed by atoms with Gasteiger partial charge in [0.15, 0.2) is 11.5 Å². The summed E-state index contributed by atoms with van der Waals surface area (Å²) in [7, 11) is 4.66. The fraction of sp³-hybridized carbons (Fsp3) is 0.304. The Kier molecular flexibility index (Phi) is 6.30. The lowest BCUT2D eigenvalue weighted by atomic mass is 10.1. The number of aromatic nitrogens is 1. The normalized spacial score (nSPS) is 10.9. The number of carbonyl (C=O) groups is 1. The van der Waals surface area contributed by atoms with Crippen LogP contribution in [0.5, 0.6) is 17.2 Å². The molecule has 30 heavy (non-hydrogen) atoms. The summed E-state index contributed by atoms with van der Waals surface area (Å²) in [5.74, 6) is 1.52. The van der Waals surface area contributed by atoms with Gasteiger partial charge in [-0.25, -0.2) is 0 Å². The van der Waals surface area contributed by atoms with Crippen molar-refractivity contribution in [3.63, 3.8) is 0 Å². The van der Waals surface area contributed by atoms with E-state index < -0.39 is 0 Å². The van der Waals surface area contributed by atoms with E-state index in [1.807, 2.05) is 19.9 Å². The monoisotopic (exact) mass is 410 g/mol. The molecule has 1 amide bonds. The van der Waals surface area contributed by atoms with Gasteiger partial charge < -0.3 is 24.1 Å². The van der Waals surface area contributed by atoms with Gasteiger partial charge in [-0.1, -0.05) is 0 Å². The number of pyridine rings is 1. The van der Waals surface area contributed by atoms with Gasteiger partial charge in [0.05, 0.1) is 27.9 Å². The molecule has 0 radical (unpaired) electrons. The molecule has 0 bridgehead atoms. The van der Waals surface area contributed by atoms with E-state index in [1.165, 1.54) is 7.11 Å². The van der Waals surface area contributed by atoms with E-state index in [4.69, 9.17) is 14.2 Å². The van der Waals surface area contributed by atoms with Gasteiger partial charge in [-0.2, -0.15) is 0 Å². The second-order valence-corrected chi connectivity index (χ2v) is 7.17. The maximum atomic E-state index is 13.2. The molecule has 2 aromatic carbocycles. The van der Waals surface area contributed by atoms with Gasteiger partial charge in [0.25, 0.3) is 11.5 Å². The van der Waals surface area contributed by atoms with E-state index in [-0.39, 0.29) is 24.1 Å². The quantitative estimate of drug-likeness (QED) is 0.644. The topological polar surface area (TPSA) is 80.9 Å². The smallest absolute Gasteiger partial charge is 0.254 e. The lowest BCUT2D eigenvalue weighted by Gasteiger charge is -2.27. The molecular weight excluding hydrogens is 384 g/mol. The highest BCUT2D eigenvalue weighted by atomic mass is 16.5. The van der Waals surface area contributed by atoms with Crippen molar-refractivity contribution in [2.75, 3.05) is 21.3 Å². The largest absolute Gasteiger partial charge is 0.497 e. The fourth-order valence-electron chi connectivity index (χ4n) is 3.28. The van der Waals surface area contributed by atoms with Crippen LogP contribution in [-0.2, 0) is 6.54 Å². The van der Waals surface area contributed by atoms with Crippen LogP contribution in [0.3, 0.4) is 0 Å². The summed E-state index contributed by atoms with van der Waals surface area (Å²) < 4.78 is 15.8. The number of benzene rings is 2. The zero-order valence-corrected chi connectivity index (χ0v) is 17.8. The van der Waals surface area contributed by atoms with Crippen molar-refractivity contribution < 1.29 is 19.0 Å². The van der Waals surface area contributed by atoms with Crippen LogP contribution in [0.15, 0.2) is 47.3 Å². The molecule has 0 saturated heterocycles. The molecule has 0 atom stereocenters. The number of rotatable bonds is 7. The van der Waals surface area contributed by atoms with Crippen molar-refractivity contribution in [3.05, 3.63) is 63.9 Å². The third kappa shape index (κ3) is 4.25. The molecule has 3 aromatic rings. The molecule has 1 N–H and O–H groups in total. The summed E-state index contributed by atoms with van der Waals surface area (Å²) in [6, 6.07) is 12.2. The van der Waals surface area contributed by atoms with Crippen molar-refractivity contribution in [1.29, 1.82) is 0 Å². The van der Waals surface area contributed by atoms with E-state index in [0.717, 1.165) is 5.39 Å². The molecule has 7 nitrogen and oxygen atoms in total. The third-order valence-electron chi connectivity index (χ3n) is 4.98. The summed E-state index contributed by atoms with van der Waals surface area (Å²) in [6.07, 6.45) is 0. The van der Waals surface area contributed by atoms with Crippen LogP contribution in [0.2, 0.25) is 0 Å². The van der Waals surface area contributed by atoms with Gasteiger partial charge in [0, 0.05) is 28.1 Å². The standard InChI is InChI=1S/C23H26N2O5/c1-14(2)25(23(27)15-6-9-20(29-4)21(12-15)30-5)13-17-10-16-11-18(28-3)7-8-19(16)24-22(17)26/h6-12,14H,13H2,1-5H3,(H,24,26). The zero-order chi connectivity index (χ0) is 21.8. The van der Waals surface area contributed by atoms with E-state index >= 15 is 0 Å². The number of ether oxygens (including phenoxy) is 3. The Morgan fingerprint density at radius 2 is 1.70 bits per heavy atom. The predicted molar refractivity (Wildman–Crippen MR) is 116 cm³/mol. The summed E-state index contributed by atoms with van der Waals surface area (Å²) in [4.78, 5) is 30.4. The number of nitrogens with zero attached hydrogens (tertiary/aromatic N) is 1. The Hall–Kier alpha value is -3.48. The summed E-state index contributed by atoms with van der Waals surface area (Å²) >= 11 is 0. The molecule has 0 aliphatic carbocycles. The second-order valence-electron chi connectivity index (χ2n) is 7.17. The average molecular weight is 410 g/mol. The maximum Gasteiger partial charge on any atom is 0.254 e. The number of H-pyrrole nitrogens is 1. The number of hydrogen-bond donors (Lipinski definition) is 1. The molecule has 0 spiro atoms. The first-order chi connectivity index (χ1) is 14.4. The Bertz CT molecular complexity index is 1120. The van der Waals surface area contributed by atoms with E-state index in [9.17, 15) is 9.59 Å². The third-order valence-corrected chi connectivity index (χ3v) is 4.98. The lowest BCUT2D eigenvalue weighted by molar-refractivity contribution is 0.0689. The van der Waals surface area contributed by atoms with Crippen LogP contribution < -0.4 is 19.8 Å². The molecule has 1 heterocycles. The highest BCUT2D eigenvalue weighted by Crippen LogP contribution is 2.28. The first-order valence-electron chi connectivity index (χ1n) is 9.61. The first-order valence-corrected chi connectivity index (χ1v) is 9.61. The first kappa shape index (κ1) is 21.2. The Balaban J connectivity index is 1.97. The number of fused-ring (bicyclic) bond motifs is 1. The Morgan fingerprint density at radius 1 is 0.967 bits per heavy atom. The molecular formula is C23H26N2O5. The van der Waals surface area contributed by atoms with Gasteiger partial charge >= 0.3 is 0 Å². The zero-order valence-electron chi connectivity index (χ0n) is 17.8. The lowest BCUT2D eigenvalue weighted by Crippen LogP contribution is -2.38. The van der Waals surface area contributed by atoms with Crippen LogP contribution in [-0.4, -0.2) is 43.2 Å². The number of nitrogens with one attached hydrogen (secondary N) is 1. The predicted octanol–water partition coefficient (Wildman–Crippen LogP) is 3.60. The summed E-state index contributed by atoms with van der Waals surface area (Å²) in [6.45, 7) is 4.00. The van der Waals surface area contributed by atoms with Gasteiger partial charge in [-0.05, 0) is 56.3 Å². The van der Waals surface area contributed by atoms with Gasteiger partial charge in [0.2, 0.25) is 0 Å². The molecule has 0 unspecified atom stereocenters. The van der Waals surface area contributed by atoms with Gasteiger partial charge in [-0.3, -0.25) is 9.59 Å². The number of carbonyl (C=O) groups excluding carboxylic acids is 1. The van der Waals surface area contributed by atoms with Crippen LogP contribution >= 0.6 is 0 Å². The molecule has 0 aliphatic rings. The molecule has 3 rings (SSSR count). The molecule has 7 heteroatoms. The van der Waals surface area contributed by atoms with E-state index in [2.05, 4.69) is 4.98 Å². The Morgan fingerprint density at radius 3 is 2.33 bits per heavy atom. The minimum absolute atomic E-state index is 0.119. The molecule has 0 fully saturated rings. The number of amides is 1. The molecule has 0 saturated carbocycles. The summed E-state index contributed by atoms with van der Waals surface area (Å²) in [5, 5.41) is 0.839. The number of aromatic amines is 1. The van der Waals surface area contributed by atoms with Crippen LogP contribution in [0.25, 0.3) is 10.9 Å². The average Bonchev–Trinajstić information content (AvgIpc) is 2.76. The van der Waals surface area contributed by atoms with Crippen molar-refractivity contribution >= 4 is 16.8 Å². The maximum absolute atomic E-state index is 13.2. The SMILES string of the molecule is COc1ccc2[nH]c(=O)c(CN(C(=O)c3ccc(OC)c(OC)c3)C(C)C)cc2c1. The van der Waals surface area contributed by atoms with Gasteiger partial charge in [-0.15, -0.1) is 0 Å².